The molecule has 0 unspecified atom stereocenters. The molecule has 150 valence electrons. The van der Waals surface area contributed by atoms with Gasteiger partial charge in [-0.2, -0.15) is 13.2 Å². The van der Waals surface area contributed by atoms with E-state index < -0.39 is 12.8 Å². The van der Waals surface area contributed by atoms with Crippen molar-refractivity contribution in [3.8, 4) is 22.6 Å². The topological polar surface area (TPSA) is 35.5 Å². The predicted molar refractivity (Wildman–Crippen MR) is 101 cm³/mol. The molecule has 0 spiro atoms. The SMILES string of the molecule is Cc1ccc(-c2cc(OC(=O)CCC3CC3)cc(Cl)c2OCC(F)(F)F)cc1. The fraction of sp³-hybridized carbons (Fsp3) is 0.381. The lowest BCUT2D eigenvalue weighted by Gasteiger charge is -2.16. The van der Waals surface area contributed by atoms with Crippen LogP contribution in [0.25, 0.3) is 11.1 Å². The normalized spacial score (nSPS) is 14.0. The van der Waals surface area contributed by atoms with E-state index in [4.69, 9.17) is 21.1 Å². The molecule has 0 heterocycles. The van der Waals surface area contributed by atoms with Crippen LogP contribution in [0.4, 0.5) is 13.2 Å². The second-order valence-electron chi connectivity index (χ2n) is 7.01. The second kappa shape index (κ2) is 8.43. The number of esters is 1. The van der Waals surface area contributed by atoms with Crippen LogP contribution in [0.3, 0.4) is 0 Å². The second-order valence-corrected chi connectivity index (χ2v) is 7.41. The summed E-state index contributed by atoms with van der Waals surface area (Å²) in [6.45, 7) is 0.433. The summed E-state index contributed by atoms with van der Waals surface area (Å²) < 4.78 is 48.2. The predicted octanol–water partition coefficient (Wildman–Crippen LogP) is 6.35. The highest BCUT2D eigenvalue weighted by molar-refractivity contribution is 6.32. The first-order chi connectivity index (χ1) is 13.2. The highest BCUT2D eigenvalue weighted by Gasteiger charge is 2.30. The third-order valence-corrected chi connectivity index (χ3v) is 4.73. The molecule has 1 saturated carbocycles. The molecule has 0 bridgehead atoms. The van der Waals surface area contributed by atoms with Crippen molar-refractivity contribution >= 4 is 17.6 Å². The number of aryl methyl sites for hydroxylation is 1. The third kappa shape index (κ3) is 5.89. The number of rotatable bonds is 7. The maximum atomic E-state index is 12.6. The average molecular weight is 413 g/mol. The number of carbonyl (C=O) groups is 1. The van der Waals surface area contributed by atoms with E-state index in [1.165, 1.54) is 12.1 Å². The Morgan fingerprint density at radius 3 is 2.46 bits per heavy atom. The maximum Gasteiger partial charge on any atom is 0.422 e. The molecule has 0 atom stereocenters. The molecule has 0 aliphatic heterocycles. The van der Waals surface area contributed by atoms with Crippen LogP contribution in [0.15, 0.2) is 36.4 Å². The molecule has 0 saturated heterocycles. The third-order valence-electron chi connectivity index (χ3n) is 4.45. The summed E-state index contributed by atoms with van der Waals surface area (Å²) >= 11 is 6.18. The maximum absolute atomic E-state index is 12.6. The van der Waals surface area contributed by atoms with E-state index in [0.29, 0.717) is 23.5 Å². The molecule has 28 heavy (non-hydrogen) atoms. The number of hydrogen-bond acceptors (Lipinski definition) is 3. The van der Waals surface area contributed by atoms with Gasteiger partial charge in [0.1, 0.15) is 11.5 Å². The number of halogens is 4. The van der Waals surface area contributed by atoms with E-state index in [9.17, 15) is 18.0 Å². The lowest BCUT2D eigenvalue weighted by Crippen LogP contribution is -2.19. The zero-order valence-corrected chi connectivity index (χ0v) is 16.1. The number of carbonyl (C=O) groups excluding carboxylic acids is 1. The monoisotopic (exact) mass is 412 g/mol. The number of alkyl halides is 3. The summed E-state index contributed by atoms with van der Waals surface area (Å²) in [5.41, 5.74) is 1.94. The Morgan fingerprint density at radius 1 is 1.18 bits per heavy atom. The van der Waals surface area contributed by atoms with Crippen LogP contribution in [0.1, 0.15) is 31.2 Å². The van der Waals surface area contributed by atoms with Crippen LogP contribution in [-0.4, -0.2) is 18.8 Å². The van der Waals surface area contributed by atoms with Gasteiger partial charge in [0.25, 0.3) is 0 Å². The van der Waals surface area contributed by atoms with Gasteiger partial charge in [-0.25, -0.2) is 0 Å². The average Bonchev–Trinajstić information content (AvgIpc) is 3.43. The van der Waals surface area contributed by atoms with Gasteiger partial charge >= 0.3 is 12.1 Å². The van der Waals surface area contributed by atoms with E-state index >= 15 is 0 Å². The highest BCUT2D eigenvalue weighted by Crippen LogP contribution is 2.41. The molecule has 0 aromatic heterocycles. The lowest BCUT2D eigenvalue weighted by atomic mass is 10.0. The van der Waals surface area contributed by atoms with Gasteiger partial charge in [-0.3, -0.25) is 4.79 Å². The Kier molecular flexibility index (Phi) is 6.18. The summed E-state index contributed by atoms with van der Waals surface area (Å²) in [6, 6.07) is 9.94. The molecule has 1 aliphatic carbocycles. The van der Waals surface area contributed by atoms with Gasteiger partial charge in [0.2, 0.25) is 0 Å². The first kappa shape index (κ1) is 20.5. The van der Waals surface area contributed by atoms with Crippen LogP contribution in [-0.2, 0) is 4.79 Å². The Hall–Kier alpha value is -2.21. The summed E-state index contributed by atoms with van der Waals surface area (Å²) in [6.07, 6.45) is -1.13. The van der Waals surface area contributed by atoms with Crippen LogP contribution in [0, 0.1) is 12.8 Å². The molecular weight excluding hydrogens is 393 g/mol. The van der Waals surface area contributed by atoms with Gasteiger partial charge in [-0.1, -0.05) is 54.3 Å². The number of ether oxygens (including phenoxy) is 2. The number of benzene rings is 2. The van der Waals surface area contributed by atoms with E-state index in [2.05, 4.69) is 0 Å². The summed E-state index contributed by atoms with van der Waals surface area (Å²) in [4.78, 5) is 12.0. The van der Waals surface area contributed by atoms with Crippen LogP contribution in [0.5, 0.6) is 11.5 Å². The van der Waals surface area contributed by atoms with Crippen LogP contribution < -0.4 is 9.47 Å². The van der Waals surface area contributed by atoms with Gasteiger partial charge in [0.15, 0.2) is 6.61 Å². The van der Waals surface area contributed by atoms with E-state index in [-0.39, 0.29) is 22.5 Å². The van der Waals surface area contributed by atoms with Gasteiger partial charge in [-0.05, 0) is 30.9 Å². The fourth-order valence-electron chi connectivity index (χ4n) is 2.79. The molecule has 0 amide bonds. The van der Waals surface area contributed by atoms with Crippen LogP contribution in [0.2, 0.25) is 5.02 Å². The minimum Gasteiger partial charge on any atom is -0.482 e. The Balaban J connectivity index is 1.87. The molecule has 0 radical (unpaired) electrons. The van der Waals surface area contributed by atoms with Crippen LogP contribution >= 0.6 is 11.6 Å². The highest BCUT2D eigenvalue weighted by atomic mass is 35.5. The van der Waals surface area contributed by atoms with Gasteiger partial charge in [0.05, 0.1) is 5.02 Å². The largest absolute Gasteiger partial charge is 0.482 e. The molecular formula is C21H20ClF3O3. The fourth-order valence-corrected chi connectivity index (χ4v) is 3.05. The zero-order chi connectivity index (χ0) is 20.3. The minimum absolute atomic E-state index is 0.0488. The van der Waals surface area contributed by atoms with Gasteiger partial charge < -0.3 is 9.47 Å². The van der Waals surface area contributed by atoms with Crippen molar-refractivity contribution in [3.05, 3.63) is 47.0 Å². The van der Waals surface area contributed by atoms with Gasteiger partial charge in [-0.15, -0.1) is 0 Å². The number of hydrogen-bond donors (Lipinski definition) is 0. The summed E-state index contributed by atoms with van der Waals surface area (Å²) in [7, 11) is 0. The molecule has 2 aromatic carbocycles. The van der Waals surface area contributed by atoms with Crippen molar-refractivity contribution in [2.75, 3.05) is 6.61 Å². The van der Waals surface area contributed by atoms with Crippen molar-refractivity contribution < 1.29 is 27.4 Å². The Labute approximate surface area is 166 Å². The smallest absolute Gasteiger partial charge is 0.422 e. The Bertz CT molecular complexity index is 843. The molecule has 1 aliphatic rings. The molecule has 0 N–H and O–H groups in total. The van der Waals surface area contributed by atoms with Crippen molar-refractivity contribution in [1.29, 1.82) is 0 Å². The zero-order valence-electron chi connectivity index (χ0n) is 15.3. The van der Waals surface area contributed by atoms with Crippen molar-refractivity contribution in [1.82, 2.24) is 0 Å². The van der Waals surface area contributed by atoms with E-state index in [1.807, 2.05) is 19.1 Å². The van der Waals surface area contributed by atoms with E-state index in [1.54, 1.807) is 12.1 Å². The quantitative estimate of drug-likeness (QED) is 0.392. The van der Waals surface area contributed by atoms with Crippen molar-refractivity contribution in [2.45, 2.75) is 38.8 Å². The summed E-state index contributed by atoms with van der Waals surface area (Å²) in [5, 5.41) is -0.0488. The Morgan fingerprint density at radius 2 is 1.86 bits per heavy atom. The first-order valence-corrected chi connectivity index (χ1v) is 9.40. The van der Waals surface area contributed by atoms with Crippen molar-refractivity contribution in [2.24, 2.45) is 5.92 Å². The standard InChI is InChI=1S/C21H20ClF3O3/c1-13-2-7-15(8-3-13)17-10-16(28-19(26)9-6-14-4-5-14)11-18(22)20(17)27-12-21(23,24)25/h2-3,7-8,10-11,14H,4-6,9,12H2,1H3. The van der Waals surface area contributed by atoms with Crippen molar-refractivity contribution in [3.63, 3.8) is 0 Å². The lowest BCUT2D eigenvalue weighted by molar-refractivity contribution is -0.153. The molecule has 2 aromatic rings. The molecule has 1 fully saturated rings. The molecule has 7 heteroatoms. The molecule has 3 rings (SSSR count). The summed E-state index contributed by atoms with van der Waals surface area (Å²) in [5.74, 6) is 0.292. The van der Waals surface area contributed by atoms with E-state index in [0.717, 1.165) is 24.8 Å². The van der Waals surface area contributed by atoms with Gasteiger partial charge in [0, 0.05) is 18.1 Å². The first-order valence-electron chi connectivity index (χ1n) is 9.02. The minimum atomic E-state index is -4.50. The molecule has 3 nitrogen and oxygen atoms in total.